The molecule has 0 aliphatic heterocycles. The normalized spacial score (nSPS) is 9.91. The van der Waals surface area contributed by atoms with Crippen LogP contribution in [0.4, 0.5) is 5.69 Å². The first-order chi connectivity index (χ1) is 10.6. The van der Waals surface area contributed by atoms with E-state index in [9.17, 15) is 9.59 Å². The van der Waals surface area contributed by atoms with Crippen LogP contribution in [0, 0.1) is 0 Å². The Labute approximate surface area is 136 Å². The largest absolute Gasteiger partial charge is 0.495 e. The average Bonchev–Trinajstić information content (AvgIpc) is 2.54. The lowest BCUT2D eigenvalue weighted by Crippen LogP contribution is -2.20. The van der Waals surface area contributed by atoms with Crippen molar-refractivity contribution in [3.63, 3.8) is 0 Å². The lowest BCUT2D eigenvalue weighted by Gasteiger charge is -2.11. The Balaban J connectivity index is 2.00. The minimum absolute atomic E-state index is 0.208. The lowest BCUT2D eigenvalue weighted by atomic mass is 10.2. The molecule has 2 aromatic carbocycles. The van der Waals surface area contributed by atoms with E-state index in [0.29, 0.717) is 29.0 Å². The number of methoxy groups -OCH3 is 1. The second kappa shape index (κ2) is 7.61. The molecule has 0 atom stereocenters. The highest BCUT2D eigenvalue weighted by Gasteiger charge is 2.09. The Morgan fingerprint density at radius 3 is 2.73 bits per heavy atom. The maximum absolute atomic E-state index is 11.9. The van der Waals surface area contributed by atoms with Gasteiger partial charge in [-0.2, -0.15) is 0 Å². The highest BCUT2D eigenvalue weighted by atomic mass is 79.9. The number of rotatable bonds is 6. The van der Waals surface area contributed by atoms with Gasteiger partial charge in [-0.3, -0.25) is 9.59 Å². The van der Waals surface area contributed by atoms with Gasteiger partial charge in [0, 0.05) is 4.47 Å². The fourth-order valence-corrected chi connectivity index (χ4v) is 2.20. The first-order valence-electron chi connectivity index (χ1n) is 6.44. The number of nitrogens with one attached hydrogen (secondary N) is 1. The van der Waals surface area contributed by atoms with Crippen LogP contribution >= 0.6 is 15.9 Å². The zero-order chi connectivity index (χ0) is 15.9. The standard InChI is InChI=1S/C16H14BrNO4/c1-21-15-5-3-2-4-13(15)18-16(20)10-22-14-7-6-12(17)8-11(14)9-19/h2-9H,10H2,1H3,(H,18,20). The molecule has 6 heteroatoms. The highest BCUT2D eigenvalue weighted by molar-refractivity contribution is 9.10. The molecule has 0 radical (unpaired) electrons. The van der Waals surface area contributed by atoms with Crippen LogP contribution in [0.2, 0.25) is 0 Å². The fraction of sp³-hybridized carbons (Fsp3) is 0.125. The van der Waals surface area contributed by atoms with Gasteiger partial charge in [-0.25, -0.2) is 0 Å². The molecule has 0 fully saturated rings. The van der Waals surface area contributed by atoms with Crippen LogP contribution in [0.25, 0.3) is 0 Å². The third kappa shape index (κ3) is 4.08. The smallest absolute Gasteiger partial charge is 0.262 e. The Morgan fingerprint density at radius 1 is 1.23 bits per heavy atom. The number of halogens is 1. The van der Waals surface area contributed by atoms with E-state index in [-0.39, 0.29) is 12.5 Å². The molecule has 114 valence electrons. The number of para-hydroxylation sites is 2. The van der Waals surface area contributed by atoms with E-state index in [1.807, 2.05) is 6.07 Å². The van der Waals surface area contributed by atoms with Crippen molar-refractivity contribution >= 4 is 33.8 Å². The number of anilines is 1. The van der Waals surface area contributed by atoms with E-state index in [4.69, 9.17) is 9.47 Å². The van der Waals surface area contributed by atoms with Gasteiger partial charge in [0.05, 0.1) is 18.4 Å². The number of carbonyl (C=O) groups excluding carboxylic acids is 2. The predicted octanol–water partition coefficient (Wildman–Crippen LogP) is 3.29. The summed E-state index contributed by atoms with van der Waals surface area (Å²) in [6.45, 7) is -0.208. The Morgan fingerprint density at radius 2 is 2.00 bits per heavy atom. The summed E-state index contributed by atoms with van der Waals surface area (Å²) in [5, 5.41) is 2.69. The van der Waals surface area contributed by atoms with Crippen molar-refractivity contribution in [2.24, 2.45) is 0 Å². The second-order valence-corrected chi connectivity index (χ2v) is 5.25. The molecule has 0 aliphatic carbocycles. The molecule has 0 aliphatic rings. The Kier molecular flexibility index (Phi) is 5.55. The molecule has 1 N–H and O–H groups in total. The number of hydrogen-bond acceptors (Lipinski definition) is 4. The summed E-state index contributed by atoms with van der Waals surface area (Å²) < 4.78 is 11.3. The monoisotopic (exact) mass is 363 g/mol. The molecule has 5 nitrogen and oxygen atoms in total. The maximum Gasteiger partial charge on any atom is 0.262 e. The van der Waals surface area contributed by atoms with Gasteiger partial charge in [0.15, 0.2) is 12.9 Å². The summed E-state index contributed by atoms with van der Waals surface area (Å²) in [7, 11) is 1.53. The van der Waals surface area contributed by atoms with Crippen molar-refractivity contribution in [3.05, 3.63) is 52.5 Å². The zero-order valence-corrected chi connectivity index (χ0v) is 13.4. The van der Waals surface area contributed by atoms with Gasteiger partial charge < -0.3 is 14.8 Å². The average molecular weight is 364 g/mol. The highest BCUT2D eigenvalue weighted by Crippen LogP contribution is 2.24. The number of benzene rings is 2. The molecular formula is C16H14BrNO4. The van der Waals surface area contributed by atoms with Crippen LogP contribution in [0.1, 0.15) is 10.4 Å². The minimum Gasteiger partial charge on any atom is -0.495 e. The molecule has 2 rings (SSSR count). The van der Waals surface area contributed by atoms with Crippen LogP contribution in [0.5, 0.6) is 11.5 Å². The van der Waals surface area contributed by atoms with E-state index in [2.05, 4.69) is 21.2 Å². The lowest BCUT2D eigenvalue weighted by molar-refractivity contribution is -0.118. The Bertz CT molecular complexity index is 688. The molecule has 0 heterocycles. The fourth-order valence-electron chi connectivity index (χ4n) is 1.82. The molecular weight excluding hydrogens is 350 g/mol. The quantitative estimate of drug-likeness (QED) is 0.799. The second-order valence-electron chi connectivity index (χ2n) is 4.34. The third-order valence-corrected chi connectivity index (χ3v) is 3.33. The number of hydrogen-bond donors (Lipinski definition) is 1. The number of ether oxygens (including phenoxy) is 2. The first-order valence-corrected chi connectivity index (χ1v) is 7.23. The molecule has 2 aromatic rings. The first kappa shape index (κ1) is 16.0. The van der Waals surface area contributed by atoms with Crippen LogP contribution in [0.15, 0.2) is 46.9 Å². The topological polar surface area (TPSA) is 64.6 Å². The van der Waals surface area contributed by atoms with Crippen molar-refractivity contribution in [2.45, 2.75) is 0 Å². The van der Waals surface area contributed by atoms with Gasteiger partial charge in [-0.1, -0.05) is 28.1 Å². The molecule has 0 aromatic heterocycles. The van der Waals surface area contributed by atoms with E-state index < -0.39 is 0 Å². The van der Waals surface area contributed by atoms with Crippen LogP contribution in [-0.4, -0.2) is 25.9 Å². The molecule has 0 bridgehead atoms. The van der Waals surface area contributed by atoms with Crippen LogP contribution in [0.3, 0.4) is 0 Å². The van der Waals surface area contributed by atoms with Gasteiger partial charge in [-0.05, 0) is 30.3 Å². The zero-order valence-electron chi connectivity index (χ0n) is 11.8. The summed E-state index contributed by atoms with van der Waals surface area (Å²) >= 11 is 3.27. The number of carbonyl (C=O) groups is 2. The minimum atomic E-state index is -0.343. The summed E-state index contributed by atoms with van der Waals surface area (Å²) in [6.07, 6.45) is 0.679. The predicted molar refractivity (Wildman–Crippen MR) is 86.6 cm³/mol. The summed E-state index contributed by atoms with van der Waals surface area (Å²) in [4.78, 5) is 22.9. The van der Waals surface area contributed by atoms with Crippen molar-refractivity contribution < 1.29 is 19.1 Å². The molecule has 0 saturated carbocycles. The van der Waals surface area contributed by atoms with Crippen LogP contribution in [-0.2, 0) is 4.79 Å². The van der Waals surface area contributed by atoms with E-state index in [0.717, 1.165) is 4.47 Å². The molecule has 0 unspecified atom stereocenters. The summed E-state index contributed by atoms with van der Waals surface area (Å²) in [5.74, 6) is 0.575. The molecule has 1 amide bonds. The summed E-state index contributed by atoms with van der Waals surface area (Å²) in [6, 6.07) is 12.1. The van der Waals surface area contributed by atoms with Gasteiger partial charge >= 0.3 is 0 Å². The van der Waals surface area contributed by atoms with Gasteiger partial charge in [0.2, 0.25) is 0 Å². The van der Waals surface area contributed by atoms with Crippen molar-refractivity contribution in [1.82, 2.24) is 0 Å². The van der Waals surface area contributed by atoms with Crippen molar-refractivity contribution in [2.75, 3.05) is 19.0 Å². The summed E-state index contributed by atoms with van der Waals surface area (Å²) in [5.41, 5.74) is 0.935. The SMILES string of the molecule is COc1ccccc1NC(=O)COc1ccc(Br)cc1C=O. The maximum atomic E-state index is 11.9. The van der Waals surface area contributed by atoms with Gasteiger partial charge in [0.25, 0.3) is 5.91 Å². The molecule has 0 spiro atoms. The van der Waals surface area contributed by atoms with E-state index in [1.54, 1.807) is 36.4 Å². The third-order valence-electron chi connectivity index (χ3n) is 2.84. The molecule has 22 heavy (non-hydrogen) atoms. The Hall–Kier alpha value is -2.34. The van der Waals surface area contributed by atoms with E-state index in [1.165, 1.54) is 7.11 Å². The van der Waals surface area contributed by atoms with Gasteiger partial charge in [0.1, 0.15) is 11.5 Å². The van der Waals surface area contributed by atoms with Crippen molar-refractivity contribution in [3.8, 4) is 11.5 Å². The van der Waals surface area contributed by atoms with Crippen LogP contribution < -0.4 is 14.8 Å². The number of aldehydes is 1. The van der Waals surface area contributed by atoms with Crippen molar-refractivity contribution in [1.29, 1.82) is 0 Å². The molecule has 0 saturated heterocycles. The van der Waals surface area contributed by atoms with E-state index >= 15 is 0 Å². The van der Waals surface area contributed by atoms with Gasteiger partial charge in [-0.15, -0.1) is 0 Å². The number of amides is 1.